The maximum Gasteiger partial charge on any atom is 0.176 e. The Morgan fingerprint density at radius 3 is 2.78 bits per heavy atom. The first kappa shape index (κ1) is 12.7. The highest BCUT2D eigenvalue weighted by atomic mass is 15.6. The molecule has 3 N–H and O–H groups in total. The topological polar surface area (TPSA) is 99.5 Å². The van der Waals surface area contributed by atoms with E-state index in [9.17, 15) is 0 Å². The van der Waals surface area contributed by atoms with Gasteiger partial charge in [0.2, 0.25) is 0 Å². The minimum Gasteiger partial charge on any atom is -0.271 e. The molecule has 8 heteroatoms. The van der Waals surface area contributed by atoms with Gasteiger partial charge in [-0.05, 0) is 25.1 Å². The van der Waals surface area contributed by atoms with Crippen molar-refractivity contribution in [2.75, 3.05) is 0 Å². The monoisotopic (exact) mass is 250 g/mol. The van der Waals surface area contributed by atoms with Gasteiger partial charge in [-0.25, -0.2) is 0 Å². The lowest BCUT2D eigenvalue weighted by Gasteiger charge is -2.15. The Morgan fingerprint density at radius 2 is 2.22 bits per heavy atom. The van der Waals surface area contributed by atoms with Gasteiger partial charge in [-0.3, -0.25) is 16.0 Å². The van der Waals surface area contributed by atoms with Gasteiger partial charge in [-0.2, -0.15) is 9.90 Å². The zero-order chi connectivity index (χ0) is 13.1. The van der Waals surface area contributed by atoms with Gasteiger partial charge in [-0.1, -0.05) is 0 Å². The summed E-state index contributed by atoms with van der Waals surface area (Å²) in [7, 11) is 1.74. The summed E-state index contributed by atoms with van der Waals surface area (Å²) in [5.41, 5.74) is 4.79. The smallest absolute Gasteiger partial charge is 0.176 e. The fourth-order valence-electron chi connectivity index (χ4n) is 1.94. The van der Waals surface area contributed by atoms with Crippen LogP contribution in [0.15, 0.2) is 6.07 Å². The molecule has 98 valence electrons. The highest BCUT2D eigenvalue weighted by Crippen LogP contribution is 2.17. The van der Waals surface area contributed by atoms with Crippen LogP contribution < -0.4 is 11.3 Å². The van der Waals surface area contributed by atoms with E-state index in [1.165, 1.54) is 4.80 Å². The van der Waals surface area contributed by atoms with Gasteiger partial charge in [0, 0.05) is 13.0 Å². The second-order valence-corrected chi connectivity index (χ2v) is 4.14. The average Bonchev–Trinajstić information content (AvgIpc) is 2.92. The predicted molar refractivity (Wildman–Crippen MR) is 65.2 cm³/mol. The number of tetrazole rings is 1. The molecule has 8 nitrogen and oxygen atoms in total. The summed E-state index contributed by atoms with van der Waals surface area (Å²) in [6, 6.07) is 1.94. The fraction of sp³-hybridized carbons (Fsp3) is 0.600. The van der Waals surface area contributed by atoms with Crippen LogP contribution in [0.3, 0.4) is 0 Å². The number of hydrogen-bond acceptors (Lipinski definition) is 6. The van der Waals surface area contributed by atoms with Crippen LogP contribution in [-0.4, -0.2) is 30.0 Å². The van der Waals surface area contributed by atoms with Crippen LogP contribution in [0.1, 0.15) is 30.2 Å². The van der Waals surface area contributed by atoms with E-state index in [0.29, 0.717) is 12.2 Å². The van der Waals surface area contributed by atoms with Gasteiger partial charge in [0.15, 0.2) is 5.82 Å². The summed E-state index contributed by atoms with van der Waals surface area (Å²) in [4.78, 5) is 1.44. The lowest BCUT2D eigenvalue weighted by molar-refractivity contribution is 0.481. The number of nitrogens with one attached hydrogen (secondary N) is 1. The molecule has 18 heavy (non-hydrogen) atoms. The van der Waals surface area contributed by atoms with Gasteiger partial charge in [0.05, 0.1) is 24.5 Å². The van der Waals surface area contributed by atoms with E-state index >= 15 is 0 Å². The highest BCUT2D eigenvalue weighted by molar-refractivity contribution is 5.14. The molecule has 0 saturated heterocycles. The van der Waals surface area contributed by atoms with E-state index in [4.69, 9.17) is 5.84 Å². The first-order valence-electron chi connectivity index (χ1n) is 5.87. The fourth-order valence-corrected chi connectivity index (χ4v) is 1.94. The standard InChI is InChI=1S/C10H18N8/c1-4-18-9(5-7(2)14-18)8(12-11)6-10-13-16-17(3)15-10/h5,8,12H,4,6,11H2,1-3H3. The highest BCUT2D eigenvalue weighted by Gasteiger charge is 2.18. The van der Waals surface area contributed by atoms with Crippen LogP contribution in [0.5, 0.6) is 0 Å². The molecule has 2 rings (SSSR count). The third kappa shape index (κ3) is 2.54. The maximum absolute atomic E-state index is 5.62. The molecule has 2 heterocycles. The van der Waals surface area contributed by atoms with Crippen molar-refractivity contribution in [1.29, 1.82) is 0 Å². The van der Waals surface area contributed by atoms with E-state index in [2.05, 4.69) is 25.9 Å². The Hall–Kier alpha value is -1.80. The van der Waals surface area contributed by atoms with E-state index in [1.807, 2.05) is 24.6 Å². The van der Waals surface area contributed by atoms with E-state index in [-0.39, 0.29) is 6.04 Å². The molecule has 0 radical (unpaired) electrons. The predicted octanol–water partition coefficient (Wildman–Crippen LogP) is -0.518. The van der Waals surface area contributed by atoms with Crippen LogP contribution in [0.25, 0.3) is 0 Å². The minimum absolute atomic E-state index is 0.0737. The number of hydrogen-bond donors (Lipinski definition) is 2. The van der Waals surface area contributed by atoms with Crippen molar-refractivity contribution < 1.29 is 0 Å². The molecule has 0 aromatic carbocycles. The van der Waals surface area contributed by atoms with Gasteiger partial charge >= 0.3 is 0 Å². The van der Waals surface area contributed by atoms with Crippen molar-refractivity contribution in [3.05, 3.63) is 23.3 Å². The molecule has 2 aromatic rings. The zero-order valence-electron chi connectivity index (χ0n) is 10.8. The number of rotatable bonds is 5. The Morgan fingerprint density at radius 1 is 1.44 bits per heavy atom. The SMILES string of the molecule is CCn1nc(C)cc1C(Cc1nnn(C)n1)NN. The van der Waals surface area contributed by atoms with Gasteiger partial charge in [-0.15, -0.1) is 10.2 Å². The number of nitrogens with two attached hydrogens (primary N) is 1. The van der Waals surface area contributed by atoms with Crippen LogP contribution in [0, 0.1) is 6.92 Å². The van der Waals surface area contributed by atoms with Crippen molar-refractivity contribution in [2.24, 2.45) is 12.9 Å². The normalized spacial score (nSPS) is 12.9. The Balaban J connectivity index is 2.22. The van der Waals surface area contributed by atoms with Crippen LogP contribution in [-0.2, 0) is 20.0 Å². The Bertz CT molecular complexity index is 514. The second kappa shape index (κ2) is 5.23. The summed E-state index contributed by atoms with van der Waals surface area (Å²) in [5.74, 6) is 6.27. The lowest BCUT2D eigenvalue weighted by Crippen LogP contribution is -2.31. The third-order valence-corrected chi connectivity index (χ3v) is 2.73. The summed E-state index contributed by atoms with van der Waals surface area (Å²) >= 11 is 0. The van der Waals surface area contributed by atoms with E-state index in [1.54, 1.807) is 7.05 Å². The van der Waals surface area contributed by atoms with Gasteiger partial charge in [0.25, 0.3) is 0 Å². The van der Waals surface area contributed by atoms with Crippen molar-refractivity contribution in [3.63, 3.8) is 0 Å². The largest absolute Gasteiger partial charge is 0.271 e. The molecular weight excluding hydrogens is 232 g/mol. The van der Waals surface area contributed by atoms with Crippen LogP contribution >= 0.6 is 0 Å². The number of nitrogens with zero attached hydrogens (tertiary/aromatic N) is 6. The molecule has 2 aromatic heterocycles. The van der Waals surface area contributed by atoms with Gasteiger partial charge < -0.3 is 0 Å². The van der Waals surface area contributed by atoms with Crippen LogP contribution in [0.4, 0.5) is 0 Å². The molecule has 1 atom stereocenters. The van der Waals surface area contributed by atoms with Crippen molar-refractivity contribution >= 4 is 0 Å². The van der Waals surface area contributed by atoms with Gasteiger partial charge in [0.1, 0.15) is 0 Å². The molecule has 0 bridgehead atoms. The molecule has 0 aliphatic rings. The summed E-state index contributed by atoms with van der Waals surface area (Å²) in [6.07, 6.45) is 0.579. The first-order valence-corrected chi connectivity index (χ1v) is 5.87. The molecule has 0 saturated carbocycles. The summed E-state index contributed by atoms with van der Waals surface area (Å²) in [6.45, 7) is 4.81. The molecule has 0 spiro atoms. The number of aromatic nitrogens is 6. The maximum atomic E-state index is 5.62. The molecule has 0 aliphatic carbocycles. The first-order chi connectivity index (χ1) is 8.63. The quantitative estimate of drug-likeness (QED) is 0.547. The number of hydrazine groups is 1. The Kier molecular flexibility index (Phi) is 3.68. The van der Waals surface area contributed by atoms with Crippen LogP contribution in [0.2, 0.25) is 0 Å². The molecule has 0 aliphatic heterocycles. The molecule has 0 amide bonds. The minimum atomic E-state index is -0.0737. The lowest BCUT2D eigenvalue weighted by atomic mass is 10.1. The average molecular weight is 250 g/mol. The van der Waals surface area contributed by atoms with Crippen molar-refractivity contribution in [3.8, 4) is 0 Å². The molecule has 0 fully saturated rings. The Labute approximate surface area is 105 Å². The molecule has 1 unspecified atom stereocenters. The van der Waals surface area contributed by atoms with E-state index < -0.39 is 0 Å². The third-order valence-electron chi connectivity index (χ3n) is 2.73. The zero-order valence-corrected chi connectivity index (χ0v) is 10.8. The summed E-state index contributed by atoms with van der Waals surface area (Å²) < 4.78 is 1.93. The van der Waals surface area contributed by atoms with Crippen molar-refractivity contribution in [1.82, 2.24) is 35.4 Å². The van der Waals surface area contributed by atoms with E-state index in [0.717, 1.165) is 17.9 Å². The number of aryl methyl sites for hydroxylation is 3. The second-order valence-electron chi connectivity index (χ2n) is 4.14. The van der Waals surface area contributed by atoms with Crippen molar-refractivity contribution in [2.45, 2.75) is 32.9 Å². The molecular formula is C10H18N8. The summed E-state index contributed by atoms with van der Waals surface area (Å²) in [5, 5.41) is 16.3.